The van der Waals surface area contributed by atoms with Gasteiger partial charge in [0.15, 0.2) is 5.82 Å². The molecule has 0 aromatic carbocycles. The quantitative estimate of drug-likeness (QED) is 0.315. The van der Waals surface area contributed by atoms with Gasteiger partial charge in [0, 0.05) is 6.42 Å². The first-order valence-electron chi connectivity index (χ1n) is 8.38. The van der Waals surface area contributed by atoms with Crippen LogP contribution in [0.3, 0.4) is 0 Å². The van der Waals surface area contributed by atoms with Gasteiger partial charge in [-0.05, 0) is 32.7 Å². The highest BCUT2D eigenvalue weighted by Gasteiger charge is 2.24. The van der Waals surface area contributed by atoms with Crippen LogP contribution in [-0.2, 0) is 9.59 Å². The number of urea groups is 1. The fourth-order valence-corrected chi connectivity index (χ4v) is 2.12. The summed E-state index contributed by atoms with van der Waals surface area (Å²) in [6.45, 7) is 1.76. The van der Waals surface area contributed by atoms with Gasteiger partial charge in [0.2, 0.25) is 5.89 Å². The molecule has 0 aliphatic carbocycles. The number of hydrogen-bond donors (Lipinski definition) is 5. The van der Waals surface area contributed by atoms with Gasteiger partial charge in [0.05, 0.1) is 12.6 Å². The van der Waals surface area contributed by atoms with Crippen molar-refractivity contribution in [3.63, 3.8) is 0 Å². The van der Waals surface area contributed by atoms with Crippen molar-refractivity contribution in [1.29, 1.82) is 0 Å². The Hall–Kier alpha value is -2.53. The summed E-state index contributed by atoms with van der Waals surface area (Å²) in [5.74, 6) is -0.901. The molecule has 11 heteroatoms. The summed E-state index contributed by atoms with van der Waals surface area (Å²) in [5.41, 5.74) is 11.4. The van der Waals surface area contributed by atoms with Crippen molar-refractivity contribution >= 4 is 17.8 Å². The van der Waals surface area contributed by atoms with Crippen molar-refractivity contribution in [2.24, 2.45) is 11.5 Å². The smallest absolute Gasteiger partial charge is 0.315 e. The first-order valence-corrected chi connectivity index (χ1v) is 8.38. The third-order valence-electron chi connectivity index (χ3n) is 3.51. The Labute approximate surface area is 150 Å². The van der Waals surface area contributed by atoms with Crippen molar-refractivity contribution in [1.82, 2.24) is 20.8 Å². The second-order valence-electron chi connectivity index (χ2n) is 5.90. The Morgan fingerprint density at radius 3 is 2.62 bits per heavy atom. The Morgan fingerprint density at radius 1 is 1.27 bits per heavy atom. The van der Waals surface area contributed by atoms with Gasteiger partial charge in [-0.1, -0.05) is 11.6 Å². The normalized spacial score (nSPS) is 13.0. The molecule has 146 valence electrons. The number of aromatic nitrogens is 2. The minimum Gasteiger partial charge on any atom is -0.481 e. The second-order valence-corrected chi connectivity index (χ2v) is 5.90. The van der Waals surface area contributed by atoms with Crippen molar-refractivity contribution in [3.8, 4) is 0 Å². The van der Waals surface area contributed by atoms with E-state index in [9.17, 15) is 14.4 Å². The Morgan fingerprint density at radius 2 is 2.00 bits per heavy atom. The minimum absolute atomic E-state index is 0.0485. The standard InChI is InChI=1S/C15H26N6O5/c1-9(22)8-18-15(25)19-11(5-6-12(23)24)14-20-13(21-26-14)10(17)4-2-3-7-16/h10-11H,2-8,16-17H2,1H3,(H,23,24)(H2,18,19,25)/t10-,11-/m0/s1. The molecule has 1 rings (SSSR count). The molecule has 2 amide bonds. The lowest BCUT2D eigenvalue weighted by Gasteiger charge is -2.14. The van der Waals surface area contributed by atoms with Crippen LogP contribution in [0, 0.1) is 0 Å². The van der Waals surface area contributed by atoms with E-state index in [2.05, 4.69) is 20.8 Å². The third kappa shape index (κ3) is 8.03. The lowest BCUT2D eigenvalue weighted by molar-refractivity contribution is -0.137. The van der Waals surface area contributed by atoms with E-state index in [4.69, 9.17) is 21.1 Å². The number of carbonyl (C=O) groups is 3. The molecule has 0 saturated carbocycles. The molecule has 0 aliphatic rings. The van der Waals surface area contributed by atoms with E-state index < -0.39 is 24.1 Å². The second kappa shape index (κ2) is 11.2. The average Bonchev–Trinajstić information content (AvgIpc) is 3.06. The van der Waals surface area contributed by atoms with E-state index in [0.29, 0.717) is 13.0 Å². The molecule has 26 heavy (non-hydrogen) atoms. The zero-order valence-corrected chi connectivity index (χ0v) is 14.7. The zero-order valence-electron chi connectivity index (χ0n) is 14.7. The maximum Gasteiger partial charge on any atom is 0.315 e. The van der Waals surface area contributed by atoms with E-state index in [-0.39, 0.29) is 36.9 Å². The summed E-state index contributed by atoms with van der Waals surface area (Å²) in [5, 5.41) is 17.6. The van der Waals surface area contributed by atoms with Crippen LogP contribution in [-0.4, -0.2) is 46.1 Å². The number of nitrogens with two attached hydrogens (primary N) is 2. The van der Waals surface area contributed by atoms with Crippen LogP contribution in [0.15, 0.2) is 4.52 Å². The molecule has 0 unspecified atom stereocenters. The maximum atomic E-state index is 11.8. The number of carboxylic acid groups (broad SMARTS) is 1. The highest BCUT2D eigenvalue weighted by Crippen LogP contribution is 2.20. The van der Waals surface area contributed by atoms with Gasteiger partial charge in [-0.25, -0.2) is 4.79 Å². The molecule has 1 heterocycles. The highest BCUT2D eigenvalue weighted by atomic mass is 16.5. The van der Waals surface area contributed by atoms with Gasteiger partial charge in [-0.3, -0.25) is 9.59 Å². The minimum atomic E-state index is -1.03. The molecule has 0 spiro atoms. The molecule has 7 N–H and O–H groups in total. The number of amides is 2. The Bertz CT molecular complexity index is 605. The summed E-state index contributed by atoms with van der Waals surface area (Å²) in [4.78, 5) is 37.8. The maximum absolute atomic E-state index is 11.8. The predicted octanol–water partition coefficient (Wildman–Crippen LogP) is -0.00750. The number of Topliss-reactive ketones (excluding diaryl/α,β-unsaturated/α-hetero) is 1. The first-order chi connectivity index (χ1) is 12.3. The van der Waals surface area contributed by atoms with Gasteiger partial charge in [0.1, 0.15) is 11.8 Å². The largest absolute Gasteiger partial charge is 0.481 e. The summed E-state index contributed by atoms with van der Waals surface area (Å²) >= 11 is 0. The number of nitrogens with one attached hydrogen (secondary N) is 2. The Kier molecular flexibility index (Phi) is 9.23. The number of unbranched alkanes of at least 4 members (excludes halogenated alkanes) is 1. The van der Waals surface area contributed by atoms with Crippen LogP contribution in [0.2, 0.25) is 0 Å². The highest BCUT2D eigenvalue weighted by molar-refractivity contribution is 5.83. The fourth-order valence-electron chi connectivity index (χ4n) is 2.12. The van der Waals surface area contributed by atoms with E-state index in [1.807, 2.05) is 0 Å². The number of nitrogens with zero attached hydrogens (tertiary/aromatic N) is 2. The van der Waals surface area contributed by atoms with Gasteiger partial charge >= 0.3 is 12.0 Å². The van der Waals surface area contributed by atoms with Crippen molar-refractivity contribution in [3.05, 3.63) is 11.7 Å². The molecule has 0 bridgehead atoms. The van der Waals surface area contributed by atoms with Crippen molar-refractivity contribution in [2.45, 2.75) is 51.1 Å². The molecule has 1 aromatic rings. The number of carboxylic acids is 1. The monoisotopic (exact) mass is 370 g/mol. The number of rotatable bonds is 12. The van der Waals surface area contributed by atoms with Crippen molar-refractivity contribution < 1.29 is 24.0 Å². The summed E-state index contributed by atoms with van der Waals surface area (Å²) < 4.78 is 5.14. The summed E-state index contributed by atoms with van der Waals surface area (Å²) in [7, 11) is 0. The Balaban J connectivity index is 2.75. The third-order valence-corrected chi connectivity index (χ3v) is 3.51. The number of aliphatic carboxylic acids is 1. The van der Waals surface area contributed by atoms with Crippen LogP contribution in [0.1, 0.15) is 62.8 Å². The van der Waals surface area contributed by atoms with E-state index in [0.717, 1.165) is 12.8 Å². The van der Waals surface area contributed by atoms with Crippen LogP contribution >= 0.6 is 0 Å². The molecule has 0 saturated heterocycles. The average molecular weight is 370 g/mol. The van der Waals surface area contributed by atoms with Gasteiger partial charge in [-0.15, -0.1) is 0 Å². The predicted molar refractivity (Wildman–Crippen MR) is 91.0 cm³/mol. The molecule has 0 radical (unpaired) electrons. The fraction of sp³-hybridized carbons (Fsp3) is 0.667. The van der Waals surface area contributed by atoms with Crippen LogP contribution < -0.4 is 22.1 Å². The topological polar surface area (TPSA) is 186 Å². The number of carbonyl (C=O) groups excluding carboxylic acids is 2. The molecule has 2 atom stereocenters. The molecule has 0 aliphatic heterocycles. The van der Waals surface area contributed by atoms with Gasteiger partial charge in [0.25, 0.3) is 0 Å². The molecular weight excluding hydrogens is 344 g/mol. The van der Waals surface area contributed by atoms with E-state index in [1.165, 1.54) is 6.92 Å². The number of ketones is 1. The molecule has 0 fully saturated rings. The van der Waals surface area contributed by atoms with Crippen LogP contribution in [0.4, 0.5) is 4.79 Å². The SMILES string of the molecule is CC(=O)CNC(=O)N[C@@H](CCC(=O)O)c1nc([C@@H](N)CCCCN)no1. The molecule has 1 aromatic heterocycles. The zero-order chi connectivity index (χ0) is 19.5. The van der Waals surface area contributed by atoms with Crippen molar-refractivity contribution in [2.75, 3.05) is 13.1 Å². The number of hydrogen-bond acceptors (Lipinski definition) is 8. The molecular formula is C15H26N6O5. The summed E-state index contributed by atoms with van der Waals surface area (Å²) in [6.07, 6.45) is 2.11. The lowest BCUT2D eigenvalue weighted by atomic mass is 10.1. The summed E-state index contributed by atoms with van der Waals surface area (Å²) in [6, 6.07) is -1.89. The van der Waals surface area contributed by atoms with E-state index in [1.54, 1.807) is 0 Å². The van der Waals surface area contributed by atoms with Crippen LogP contribution in [0.5, 0.6) is 0 Å². The first kappa shape index (κ1) is 21.5. The van der Waals surface area contributed by atoms with Gasteiger partial charge in [-0.2, -0.15) is 4.98 Å². The van der Waals surface area contributed by atoms with E-state index >= 15 is 0 Å². The van der Waals surface area contributed by atoms with Gasteiger partial charge < -0.3 is 31.7 Å². The van der Waals surface area contributed by atoms with Crippen LogP contribution in [0.25, 0.3) is 0 Å². The lowest BCUT2D eigenvalue weighted by Crippen LogP contribution is -2.40. The molecule has 11 nitrogen and oxygen atoms in total.